The standard InChI is InChI=1S/C13H15N3O/c1-10-14-7-6-13(16-10)8-15-12-4-2-11(9-17)3-5-12/h2-7,15,17H,8-9H2,1H3. The number of hydrogen-bond acceptors (Lipinski definition) is 4. The molecule has 2 rings (SSSR count). The van der Waals surface area contributed by atoms with Gasteiger partial charge in [0.2, 0.25) is 0 Å². The number of aliphatic hydroxyl groups is 1. The van der Waals surface area contributed by atoms with Crippen molar-refractivity contribution >= 4 is 5.69 Å². The molecule has 0 amide bonds. The van der Waals surface area contributed by atoms with Crippen molar-refractivity contribution in [1.82, 2.24) is 9.97 Å². The number of aromatic nitrogens is 2. The van der Waals surface area contributed by atoms with Gasteiger partial charge in [0.05, 0.1) is 18.8 Å². The molecule has 0 aliphatic carbocycles. The fraction of sp³-hybridized carbons (Fsp3) is 0.231. The van der Waals surface area contributed by atoms with Gasteiger partial charge in [0, 0.05) is 11.9 Å². The molecule has 1 aromatic heterocycles. The Labute approximate surface area is 100 Å². The third kappa shape index (κ3) is 3.26. The monoisotopic (exact) mass is 229 g/mol. The Morgan fingerprint density at radius 1 is 1.18 bits per heavy atom. The van der Waals surface area contributed by atoms with Crippen LogP contribution in [0.5, 0.6) is 0 Å². The Morgan fingerprint density at radius 2 is 1.94 bits per heavy atom. The van der Waals surface area contributed by atoms with Crippen molar-refractivity contribution in [3.8, 4) is 0 Å². The lowest BCUT2D eigenvalue weighted by atomic mass is 10.2. The molecule has 0 bridgehead atoms. The molecule has 0 aliphatic rings. The summed E-state index contributed by atoms with van der Waals surface area (Å²) in [6.07, 6.45) is 1.76. The number of nitrogens with zero attached hydrogens (tertiary/aromatic N) is 2. The normalized spacial score (nSPS) is 10.2. The Kier molecular flexibility index (Phi) is 3.67. The van der Waals surface area contributed by atoms with E-state index in [9.17, 15) is 0 Å². The van der Waals surface area contributed by atoms with Gasteiger partial charge in [-0.3, -0.25) is 0 Å². The Morgan fingerprint density at radius 3 is 2.59 bits per heavy atom. The van der Waals surface area contributed by atoms with Gasteiger partial charge >= 0.3 is 0 Å². The molecule has 0 radical (unpaired) electrons. The molecule has 17 heavy (non-hydrogen) atoms. The molecular weight excluding hydrogens is 214 g/mol. The number of anilines is 1. The van der Waals surface area contributed by atoms with E-state index in [4.69, 9.17) is 5.11 Å². The molecule has 1 heterocycles. The highest BCUT2D eigenvalue weighted by Gasteiger charge is 1.97. The van der Waals surface area contributed by atoms with Crippen molar-refractivity contribution in [3.05, 3.63) is 53.6 Å². The van der Waals surface area contributed by atoms with Crippen LogP contribution >= 0.6 is 0 Å². The Balaban J connectivity index is 1.97. The molecule has 0 aliphatic heterocycles. The fourth-order valence-corrected chi connectivity index (χ4v) is 1.52. The molecular formula is C13H15N3O. The first-order chi connectivity index (χ1) is 8.28. The summed E-state index contributed by atoms with van der Waals surface area (Å²) in [6, 6.07) is 9.57. The first-order valence-electron chi connectivity index (χ1n) is 5.50. The number of aliphatic hydroxyl groups excluding tert-OH is 1. The highest BCUT2D eigenvalue weighted by atomic mass is 16.3. The molecule has 0 atom stereocenters. The molecule has 88 valence electrons. The van der Waals surface area contributed by atoms with Gasteiger partial charge in [0.25, 0.3) is 0 Å². The van der Waals surface area contributed by atoms with Gasteiger partial charge in [0.1, 0.15) is 5.82 Å². The summed E-state index contributed by atoms with van der Waals surface area (Å²) in [7, 11) is 0. The summed E-state index contributed by atoms with van der Waals surface area (Å²) in [6.45, 7) is 2.62. The van der Waals surface area contributed by atoms with Crippen molar-refractivity contribution in [2.45, 2.75) is 20.1 Å². The molecule has 4 nitrogen and oxygen atoms in total. The van der Waals surface area contributed by atoms with Crippen LogP contribution in [0.25, 0.3) is 0 Å². The van der Waals surface area contributed by atoms with E-state index in [2.05, 4.69) is 15.3 Å². The average Bonchev–Trinajstić information content (AvgIpc) is 2.37. The van der Waals surface area contributed by atoms with Gasteiger partial charge in [-0.15, -0.1) is 0 Å². The third-order valence-corrected chi connectivity index (χ3v) is 2.44. The van der Waals surface area contributed by atoms with E-state index in [1.54, 1.807) is 6.20 Å². The lowest BCUT2D eigenvalue weighted by Gasteiger charge is -2.06. The van der Waals surface area contributed by atoms with E-state index in [1.807, 2.05) is 37.3 Å². The maximum atomic E-state index is 8.93. The summed E-state index contributed by atoms with van der Waals surface area (Å²) in [5, 5.41) is 12.2. The molecule has 0 unspecified atom stereocenters. The lowest BCUT2D eigenvalue weighted by molar-refractivity contribution is 0.282. The van der Waals surface area contributed by atoms with Gasteiger partial charge < -0.3 is 10.4 Å². The quantitative estimate of drug-likeness (QED) is 0.840. The second-order valence-corrected chi connectivity index (χ2v) is 3.80. The molecule has 0 spiro atoms. The smallest absolute Gasteiger partial charge is 0.125 e. The van der Waals surface area contributed by atoms with Gasteiger partial charge in [-0.1, -0.05) is 12.1 Å². The highest BCUT2D eigenvalue weighted by Crippen LogP contribution is 2.10. The van der Waals surface area contributed by atoms with Gasteiger partial charge in [-0.25, -0.2) is 9.97 Å². The number of aryl methyl sites for hydroxylation is 1. The van der Waals surface area contributed by atoms with Crippen LogP contribution in [0.15, 0.2) is 36.5 Å². The Hall–Kier alpha value is -1.94. The van der Waals surface area contributed by atoms with Crippen molar-refractivity contribution in [1.29, 1.82) is 0 Å². The third-order valence-electron chi connectivity index (χ3n) is 2.44. The van der Waals surface area contributed by atoms with Crippen molar-refractivity contribution < 1.29 is 5.11 Å². The zero-order chi connectivity index (χ0) is 12.1. The van der Waals surface area contributed by atoms with Crippen LogP contribution in [-0.2, 0) is 13.2 Å². The fourth-order valence-electron chi connectivity index (χ4n) is 1.52. The van der Waals surface area contributed by atoms with Crippen molar-refractivity contribution in [2.24, 2.45) is 0 Å². The van der Waals surface area contributed by atoms with Gasteiger partial charge in [0.15, 0.2) is 0 Å². The number of nitrogens with one attached hydrogen (secondary N) is 1. The van der Waals surface area contributed by atoms with Gasteiger partial charge in [-0.2, -0.15) is 0 Å². The van der Waals surface area contributed by atoms with Gasteiger partial charge in [-0.05, 0) is 30.7 Å². The van der Waals surface area contributed by atoms with Crippen molar-refractivity contribution in [2.75, 3.05) is 5.32 Å². The maximum absolute atomic E-state index is 8.93. The summed E-state index contributed by atoms with van der Waals surface area (Å²) in [4.78, 5) is 8.36. The van der Waals surface area contributed by atoms with Crippen LogP contribution in [0.3, 0.4) is 0 Å². The van der Waals surface area contributed by atoms with E-state index in [0.717, 1.165) is 22.8 Å². The molecule has 2 aromatic rings. The summed E-state index contributed by atoms with van der Waals surface area (Å²) >= 11 is 0. The van der Waals surface area contributed by atoms with Crippen LogP contribution in [0, 0.1) is 6.92 Å². The molecule has 4 heteroatoms. The summed E-state index contributed by atoms with van der Waals surface area (Å²) in [5.74, 6) is 0.778. The minimum atomic E-state index is 0.0748. The first-order valence-corrected chi connectivity index (χ1v) is 5.50. The topological polar surface area (TPSA) is 58.0 Å². The number of rotatable bonds is 4. The van der Waals surface area contributed by atoms with E-state index < -0.39 is 0 Å². The van der Waals surface area contributed by atoms with Crippen LogP contribution < -0.4 is 5.32 Å². The largest absolute Gasteiger partial charge is 0.392 e. The zero-order valence-corrected chi connectivity index (χ0v) is 9.72. The number of hydrogen-bond donors (Lipinski definition) is 2. The van der Waals surface area contributed by atoms with E-state index >= 15 is 0 Å². The molecule has 1 aromatic carbocycles. The molecule has 0 fully saturated rings. The van der Waals surface area contributed by atoms with E-state index in [0.29, 0.717) is 6.54 Å². The van der Waals surface area contributed by atoms with Crippen LogP contribution in [0.1, 0.15) is 17.1 Å². The molecule has 2 N–H and O–H groups in total. The van der Waals surface area contributed by atoms with Crippen LogP contribution in [0.2, 0.25) is 0 Å². The number of benzene rings is 1. The highest BCUT2D eigenvalue weighted by molar-refractivity contribution is 5.44. The van der Waals surface area contributed by atoms with E-state index in [1.165, 1.54) is 0 Å². The molecule has 0 saturated heterocycles. The minimum Gasteiger partial charge on any atom is -0.392 e. The Bertz CT molecular complexity index is 482. The van der Waals surface area contributed by atoms with Crippen molar-refractivity contribution in [3.63, 3.8) is 0 Å². The summed E-state index contributed by atoms with van der Waals surface area (Å²) < 4.78 is 0. The summed E-state index contributed by atoms with van der Waals surface area (Å²) in [5.41, 5.74) is 2.88. The first kappa shape index (κ1) is 11.5. The zero-order valence-electron chi connectivity index (χ0n) is 9.72. The lowest BCUT2D eigenvalue weighted by Crippen LogP contribution is -2.03. The second-order valence-electron chi connectivity index (χ2n) is 3.80. The minimum absolute atomic E-state index is 0.0748. The van der Waals surface area contributed by atoms with E-state index in [-0.39, 0.29) is 6.61 Å². The predicted molar refractivity (Wildman–Crippen MR) is 66.5 cm³/mol. The molecule has 0 saturated carbocycles. The second kappa shape index (κ2) is 5.41. The average molecular weight is 229 g/mol. The van der Waals surface area contributed by atoms with Crippen LogP contribution in [-0.4, -0.2) is 15.1 Å². The van der Waals surface area contributed by atoms with Crippen LogP contribution in [0.4, 0.5) is 5.69 Å². The predicted octanol–water partition coefficient (Wildman–Crippen LogP) is 1.89. The SMILES string of the molecule is Cc1nccc(CNc2ccc(CO)cc2)n1. The maximum Gasteiger partial charge on any atom is 0.125 e.